The second-order valence-corrected chi connectivity index (χ2v) is 9.29. The number of aromatic nitrogens is 6. The van der Waals surface area contributed by atoms with Crippen molar-refractivity contribution in [3.05, 3.63) is 126 Å². The molecule has 0 amide bonds. The molecular weight excluding hydrogens is 494 g/mol. The van der Waals surface area contributed by atoms with E-state index in [9.17, 15) is 0 Å². The predicted molar refractivity (Wildman–Crippen MR) is 149 cm³/mol. The van der Waals surface area contributed by atoms with Gasteiger partial charge in [-0.25, -0.2) is 15.3 Å². The van der Waals surface area contributed by atoms with Crippen LogP contribution in [0.15, 0.2) is 109 Å². The second kappa shape index (κ2) is 11.4. The third-order valence-electron chi connectivity index (χ3n) is 6.63. The van der Waals surface area contributed by atoms with Crippen LogP contribution < -0.4 is 51.4 Å². The number of nitrogens with zero attached hydrogens (tertiary/aromatic N) is 6. The van der Waals surface area contributed by atoms with Crippen molar-refractivity contribution < 1.29 is 51.4 Å². The van der Waals surface area contributed by atoms with Crippen molar-refractivity contribution in [2.24, 2.45) is 0 Å². The molecule has 6 aromatic rings. The molecule has 0 aliphatic rings. The average molecular weight is 521 g/mol. The van der Waals surface area contributed by atoms with Crippen LogP contribution in [0.4, 0.5) is 0 Å². The Bertz CT molecular complexity index is 1460. The molecule has 8 heteroatoms. The van der Waals surface area contributed by atoms with E-state index in [0.717, 1.165) is 50.9 Å². The second-order valence-electron chi connectivity index (χ2n) is 9.29. The van der Waals surface area contributed by atoms with Crippen LogP contribution in [0.1, 0.15) is 17.1 Å². The first-order valence-corrected chi connectivity index (χ1v) is 12.4. The van der Waals surface area contributed by atoms with Crippen LogP contribution in [0.2, 0.25) is 0 Å². The van der Waals surface area contributed by atoms with Crippen molar-refractivity contribution in [2.45, 2.75) is 20.8 Å². The van der Waals surface area contributed by atoms with Gasteiger partial charge in [0.05, 0.1) is 17.1 Å². The normalized spacial score (nSPS) is 11.1. The molecule has 3 aromatic carbocycles. The van der Waals surface area contributed by atoms with Crippen molar-refractivity contribution >= 4 is 7.12 Å². The van der Waals surface area contributed by atoms with E-state index >= 15 is 0 Å². The van der Waals surface area contributed by atoms with Gasteiger partial charge in [0, 0.05) is 16.7 Å². The summed E-state index contributed by atoms with van der Waals surface area (Å²) in [6.45, 7) is 6.25. The van der Waals surface area contributed by atoms with Crippen LogP contribution >= 0.6 is 0 Å². The summed E-state index contributed by atoms with van der Waals surface area (Å²) in [5.74, 6) is 0. The molecule has 6 nitrogen and oxygen atoms in total. The molecule has 0 fully saturated rings. The third kappa shape index (κ3) is 5.15. The molecule has 0 saturated heterocycles. The van der Waals surface area contributed by atoms with Crippen molar-refractivity contribution in [2.75, 3.05) is 0 Å². The van der Waals surface area contributed by atoms with E-state index in [4.69, 9.17) is 15.3 Å². The molecule has 0 atom stereocenters. The quantitative estimate of drug-likeness (QED) is 0.317. The van der Waals surface area contributed by atoms with Gasteiger partial charge in [-0.1, -0.05) is 91.0 Å². The van der Waals surface area contributed by atoms with Gasteiger partial charge in [-0.3, -0.25) is 0 Å². The van der Waals surface area contributed by atoms with E-state index < -0.39 is 7.12 Å². The smallest absolute Gasteiger partial charge is 0.422 e. The van der Waals surface area contributed by atoms with Crippen LogP contribution in [0.25, 0.3) is 33.8 Å². The molecular formula is C30H27BKN6. The van der Waals surface area contributed by atoms with Gasteiger partial charge in [0.25, 0.3) is 7.12 Å². The molecule has 181 valence electrons. The van der Waals surface area contributed by atoms with Crippen molar-refractivity contribution in [3.63, 3.8) is 0 Å². The minimum atomic E-state index is -0.410. The molecule has 0 bridgehead atoms. The van der Waals surface area contributed by atoms with Gasteiger partial charge in [-0.05, 0) is 56.1 Å². The average Bonchev–Trinajstić information content (AvgIpc) is 3.64. The topological polar surface area (TPSA) is 53.5 Å². The summed E-state index contributed by atoms with van der Waals surface area (Å²) in [7, 11) is -0.410. The van der Waals surface area contributed by atoms with Gasteiger partial charge < -0.3 is 13.8 Å². The maximum Gasteiger partial charge on any atom is 1.00 e. The van der Waals surface area contributed by atoms with Gasteiger partial charge in [-0.2, -0.15) is 0 Å². The SMILES string of the molecule is Cc1cc(-c2ccccc2)nn1[B-](n1nc(-c2ccccc2)cc1C)n1nc(-c2ccccc2)cc1C.[K+]. The number of benzene rings is 3. The van der Waals surface area contributed by atoms with Gasteiger partial charge in [0.1, 0.15) is 0 Å². The van der Waals surface area contributed by atoms with Gasteiger partial charge in [0.15, 0.2) is 0 Å². The van der Waals surface area contributed by atoms with Crippen LogP contribution in [-0.4, -0.2) is 36.2 Å². The molecule has 38 heavy (non-hydrogen) atoms. The maximum atomic E-state index is 5.07. The van der Waals surface area contributed by atoms with E-state index in [1.165, 1.54) is 0 Å². The molecule has 0 spiro atoms. The number of hydrogen-bond donors (Lipinski definition) is 0. The minimum absolute atomic E-state index is 0. The summed E-state index contributed by atoms with van der Waals surface area (Å²) in [6.07, 6.45) is 0. The number of rotatable bonds is 6. The monoisotopic (exact) mass is 521 g/mol. The summed E-state index contributed by atoms with van der Waals surface area (Å²) in [5.41, 5.74) is 9.06. The molecule has 1 radical (unpaired) electrons. The predicted octanol–water partition coefficient (Wildman–Crippen LogP) is 3.14. The van der Waals surface area contributed by atoms with E-state index in [-0.39, 0.29) is 51.4 Å². The first-order valence-electron chi connectivity index (χ1n) is 12.4. The summed E-state index contributed by atoms with van der Waals surface area (Å²) in [6, 6.07) is 37.1. The Labute approximate surface area is 265 Å². The molecule has 3 heterocycles. The summed E-state index contributed by atoms with van der Waals surface area (Å²) < 4.78 is 6.06. The zero-order valence-corrected chi connectivity index (χ0v) is 25.3. The fourth-order valence-corrected chi connectivity index (χ4v) is 4.73. The molecule has 3 aromatic heterocycles. The van der Waals surface area contributed by atoms with E-state index in [1.54, 1.807) is 0 Å². The van der Waals surface area contributed by atoms with Crippen molar-refractivity contribution in [1.82, 2.24) is 29.1 Å². The van der Waals surface area contributed by atoms with Crippen LogP contribution in [0.3, 0.4) is 0 Å². The Kier molecular flexibility index (Phi) is 7.97. The fourth-order valence-electron chi connectivity index (χ4n) is 4.73. The van der Waals surface area contributed by atoms with E-state index in [2.05, 4.69) is 75.4 Å². The zero-order chi connectivity index (χ0) is 25.4. The Hall–Kier alpha value is -3.01. The van der Waals surface area contributed by atoms with Crippen LogP contribution in [-0.2, 0) is 0 Å². The molecule has 0 N–H and O–H groups in total. The Morgan fingerprint density at radius 1 is 0.447 bits per heavy atom. The largest absolute Gasteiger partial charge is 1.00 e. The molecule has 6 rings (SSSR count). The Balaban J connectivity index is 0.00000294. The van der Waals surface area contributed by atoms with Crippen molar-refractivity contribution in [1.29, 1.82) is 0 Å². The van der Waals surface area contributed by atoms with Gasteiger partial charge in [-0.15, -0.1) is 0 Å². The van der Waals surface area contributed by atoms with Crippen LogP contribution in [0.5, 0.6) is 0 Å². The molecule has 0 saturated carbocycles. The van der Waals surface area contributed by atoms with Gasteiger partial charge >= 0.3 is 51.4 Å². The first kappa shape index (κ1) is 26.6. The standard InChI is InChI=1S/C30H27BN6.K/c1-22-19-28(25-13-7-4-8-14-25)32-35(22)31(36-23(2)20-29(33-36)26-15-9-5-10-16-26)37-24(3)21-30(34-37)27-17-11-6-12-18-27;/h4-21H,1-3H3;/q-1;+1. The zero-order valence-electron chi connectivity index (χ0n) is 22.2. The first-order chi connectivity index (χ1) is 18.1. The third-order valence-corrected chi connectivity index (χ3v) is 6.63. The maximum absolute atomic E-state index is 5.07. The summed E-state index contributed by atoms with van der Waals surface area (Å²) >= 11 is 0. The minimum Gasteiger partial charge on any atom is -0.422 e. The molecule has 0 aliphatic heterocycles. The number of aryl methyl sites for hydroxylation is 3. The molecule has 0 aliphatic carbocycles. The number of hydrogen-bond acceptors (Lipinski definition) is 3. The van der Waals surface area contributed by atoms with Crippen LogP contribution in [0, 0.1) is 20.8 Å². The Morgan fingerprint density at radius 3 is 0.974 bits per heavy atom. The molecule has 0 unspecified atom stereocenters. The van der Waals surface area contributed by atoms with Gasteiger partial charge in [0.2, 0.25) is 0 Å². The summed E-state index contributed by atoms with van der Waals surface area (Å²) in [5, 5.41) is 15.2. The summed E-state index contributed by atoms with van der Waals surface area (Å²) in [4.78, 5) is 0. The van der Waals surface area contributed by atoms with Crippen molar-refractivity contribution in [3.8, 4) is 33.8 Å². The Morgan fingerprint density at radius 2 is 0.711 bits per heavy atom. The fraction of sp³-hybridized carbons (Fsp3) is 0.100. The van der Waals surface area contributed by atoms with E-state index in [1.807, 2.05) is 68.4 Å². The van der Waals surface area contributed by atoms with E-state index in [0.29, 0.717) is 0 Å².